The van der Waals surface area contributed by atoms with Crippen LogP contribution in [-0.4, -0.2) is 29.3 Å². The predicted octanol–water partition coefficient (Wildman–Crippen LogP) is 3.91. The largest absolute Gasteiger partial charge is 0.297 e. The molecule has 0 aliphatic carbocycles. The van der Waals surface area contributed by atoms with Crippen LogP contribution in [0.4, 0.5) is 4.39 Å². The van der Waals surface area contributed by atoms with Gasteiger partial charge in [0.05, 0.1) is 5.56 Å². The fourth-order valence-electron chi connectivity index (χ4n) is 3.22. The van der Waals surface area contributed by atoms with E-state index in [0.717, 1.165) is 13.0 Å². The average molecular weight is 277 g/mol. The highest BCUT2D eigenvalue weighted by molar-refractivity contribution is 5.98. The number of rotatable bonds is 5. The van der Waals surface area contributed by atoms with E-state index in [2.05, 4.69) is 18.7 Å². The van der Waals surface area contributed by atoms with E-state index in [0.29, 0.717) is 12.1 Å². The van der Waals surface area contributed by atoms with E-state index in [1.807, 2.05) is 6.92 Å². The smallest absolute Gasteiger partial charge is 0.169 e. The summed E-state index contributed by atoms with van der Waals surface area (Å²) in [6.07, 6.45) is 3.52. The highest BCUT2D eigenvalue weighted by Gasteiger charge is 2.32. The number of carbonyl (C=O) groups excluding carboxylic acids is 1. The van der Waals surface area contributed by atoms with E-state index in [1.54, 1.807) is 18.2 Å². The molecular formula is C17H24FNO. The maximum atomic E-state index is 13.7. The Morgan fingerprint density at radius 2 is 2.10 bits per heavy atom. The van der Waals surface area contributed by atoms with Crippen LogP contribution in [0, 0.1) is 11.7 Å². The topological polar surface area (TPSA) is 20.3 Å². The normalized spacial score (nSPS) is 24.8. The van der Waals surface area contributed by atoms with Gasteiger partial charge in [0.2, 0.25) is 0 Å². The van der Waals surface area contributed by atoms with Gasteiger partial charge in [-0.2, -0.15) is 0 Å². The molecule has 0 bridgehead atoms. The summed E-state index contributed by atoms with van der Waals surface area (Å²) in [5.41, 5.74) is 0.222. The minimum Gasteiger partial charge on any atom is -0.297 e. The molecule has 110 valence electrons. The number of likely N-dealkylation sites (tertiary alicyclic amines) is 1. The Kier molecular flexibility index (Phi) is 4.92. The molecule has 3 heteroatoms. The SMILES string of the molecule is CCC1CCC(C)N1CC(C)C(=O)c1ccccc1F. The van der Waals surface area contributed by atoms with Gasteiger partial charge in [0.1, 0.15) is 5.82 Å². The van der Waals surface area contributed by atoms with Gasteiger partial charge in [0.15, 0.2) is 5.78 Å². The Morgan fingerprint density at radius 1 is 1.40 bits per heavy atom. The van der Waals surface area contributed by atoms with E-state index < -0.39 is 5.82 Å². The highest BCUT2D eigenvalue weighted by atomic mass is 19.1. The lowest BCUT2D eigenvalue weighted by molar-refractivity contribution is 0.0861. The van der Waals surface area contributed by atoms with Crippen molar-refractivity contribution in [1.82, 2.24) is 4.90 Å². The summed E-state index contributed by atoms with van der Waals surface area (Å²) in [6, 6.07) is 7.37. The van der Waals surface area contributed by atoms with Crippen molar-refractivity contribution in [2.75, 3.05) is 6.54 Å². The predicted molar refractivity (Wildman–Crippen MR) is 79.4 cm³/mol. The Balaban J connectivity index is 2.06. The minimum absolute atomic E-state index is 0.0861. The first kappa shape index (κ1) is 15.2. The van der Waals surface area contributed by atoms with Crippen LogP contribution in [0.3, 0.4) is 0 Å². The first-order valence-corrected chi connectivity index (χ1v) is 7.59. The Hall–Kier alpha value is -1.22. The summed E-state index contributed by atoms with van der Waals surface area (Å²) in [4.78, 5) is 14.8. The molecule has 2 rings (SSSR count). The summed E-state index contributed by atoms with van der Waals surface area (Å²) in [6.45, 7) is 7.05. The van der Waals surface area contributed by atoms with Gasteiger partial charge in [0.25, 0.3) is 0 Å². The maximum Gasteiger partial charge on any atom is 0.169 e. The van der Waals surface area contributed by atoms with Crippen molar-refractivity contribution in [3.63, 3.8) is 0 Å². The maximum absolute atomic E-state index is 13.7. The molecule has 2 nitrogen and oxygen atoms in total. The van der Waals surface area contributed by atoms with Crippen LogP contribution < -0.4 is 0 Å². The first-order valence-electron chi connectivity index (χ1n) is 7.59. The third kappa shape index (κ3) is 3.09. The van der Waals surface area contributed by atoms with Crippen LogP contribution in [0.25, 0.3) is 0 Å². The summed E-state index contributed by atoms with van der Waals surface area (Å²) in [5, 5.41) is 0. The molecule has 1 aromatic rings. The molecule has 20 heavy (non-hydrogen) atoms. The molecule has 0 saturated carbocycles. The molecule has 1 fully saturated rings. The Labute approximate surface area is 121 Å². The number of nitrogens with zero attached hydrogens (tertiary/aromatic N) is 1. The summed E-state index contributed by atoms with van der Waals surface area (Å²) in [5.74, 6) is -0.663. The van der Waals surface area contributed by atoms with Gasteiger partial charge < -0.3 is 0 Å². The van der Waals surface area contributed by atoms with Crippen LogP contribution in [0.15, 0.2) is 24.3 Å². The molecule has 0 aromatic heterocycles. The number of ketones is 1. The lowest BCUT2D eigenvalue weighted by Gasteiger charge is -2.30. The number of hydrogen-bond acceptors (Lipinski definition) is 2. The third-order valence-electron chi connectivity index (χ3n) is 4.50. The molecule has 1 aliphatic heterocycles. The van der Waals surface area contributed by atoms with Gasteiger partial charge in [-0.25, -0.2) is 4.39 Å². The first-order chi connectivity index (χ1) is 9.54. The van der Waals surface area contributed by atoms with E-state index >= 15 is 0 Å². The average Bonchev–Trinajstić information content (AvgIpc) is 2.79. The van der Waals surface area contributed by atoms with Gasteiger partial charge in [0, 0.05) is 24.5 Å². The summed E-state index contributed by atoms with van der Waals surface area (Å²) >= 11 is 0. The van der Waals surface area contributed by atoms with Crippen LogP contribution in [0.2, 0.25) is 0 Å². The fourth-order valence-corrected chi connectivity index (χ4v) is 3.22. The molecule has 0 amide bonds. The number of Topliss-reactive ketones (excluding diaryl/α,β-unsaturated/α-hetero) is 1. The third-order valence-corrected chi connectivity index (χ3v) is 4.50. The molecule has 1 saturated heterocycles. The van der Waals surface area contributed by atoms with E-state index in [9.17, 15) is 9.18 Å². The van der Waals surface area contributed by atoms with Crippen LogP contribution in [0.5, 0.6) is 0 Å². The zero-order valence-corrected chi connectivity index (χ0v) is 12.6. The second-order valence-corrected chi connectivity index (χ2v) is 5.93. The van der Waals surface area contributed by atoms with Gasteiger partial charge in [-0.05, 0) is 38.3 Å². The van der Waals surface area contributed by atoms with E-state index in [-0.39, 0.29) is 17.3 Å². The van der Waals surface area contributed by atoms with Gasteiger partial charge >= 0.3 is 0 Å². The van der Waals surface area contributed by atoms with Crippen molar-refractivity contribution in [3.8, 4) is 0 Å². The fraction of sp³-hybridized carbons (Fsp3) is 0.588. The summed E-state index contributed by atoms with van der Waals surface area (Å²) in [7, 11) is 0. The molecule has 3 atom stereocenters. The lowest BCUT2D eigenvalue weighted by atomic mass is 9.97. The zero-order valence-electron chi connectivity index (χ0n) is 12.6. The molecule has 1 heterocycles. The van der Waals surface area contributed by atoms with Gasteiger partial charge in [-0.15, -0.1) is 0 Å². The number of halogens is 1. The molecule has 0 radical (unpaired) electrons. The van der Waals surface area contributed by atoms with Crippen molar-refractivity contribution in [1.29, 1.82) is 0 Å². The lowest BCUT2D eigenvalue weighted by Crippen LogP contribution is -2.39. The zero-order chi connectivity index (χ0) is 14.7. The van der Waals surface area contributed by atoms with Gasteiger partial charge in [-0.1, -0.05) is 26.0 Å². The van der Waals surface area contributed by atoms with E-state index in [4.69, 9.17) is 0 Å². The van der Waals surface area contributed by atoms with Crippen molar-refractivity contribution in [2.45, 2.75) is 52.1 Å². The van der Waals surface area contributed by atoms with Crippen molar-refractivity contribution in [3.05, 3.63) is 35.6 Å². The monoisotopic (exact) mass is 277 g/mol. The quantitative estimate of drug-likeness (QED) is 0.761. The second-order valence-electron chi connectivity index (χ2n) is 5.93. The number of benzene rings is 1. The van der Waals surface area contributed by atoms with Crippen molar-refractivity contribution in [2.24, 2.45) is 5.92 Å². The van der Waals surface area contributed by atoms with Gasteiger partial charge in [-0.3, -0.25) is 9.69 Å². The minimum atomic E-state index is -0.411. The molecule has 1 aliphatic rings. The van der Waals surface area contributed by atoms with E-state index in [1.165, 1.54) is 18.9 Å². The number of hydrogen-bond donors (Lipinski definition) is 0. The molecule has 0 spiro atoms. The van der Waals surface area contributed by atoms with Crippen LogP contribution >= 0.6 is 0 Å². The highest BCUT2D eigenvalue weighted by Crippen LogP contribution is 2.27. The molecule has 0 N–H and O–H groups in total. The number of carbonyl (C=O) groups is 1. The molecule has 1 aromatic carbocycles. The summed E-state index contributed by atoms with van der Waals surface area (Å²) < 4.78 is 13.7. The van der Waals surface area contributed by atoms with Crippen LogP contribution in [-0.2, 0) is 0 Å². The van der Waals surface area contributed by atoms with Crippen molar-refractivity contribution < 1.29 is 9.18 Å². The van der Waals surface area contributed by atoms with Crippen LogP contribution in [0.1, 0.15) is 50.4 Å². The molecule has 3 unspecified atom stereocenters. The standard InChI is InChI=1S/C17H24FNO/c1-4-14-10-9-13(3)19(14)11-12(2)17(20)15-7-5-6-8-16(15)18/h5-8,12-14H,4,9-11H2,1-3H3. The Bertz CT molecular complexity index is 474. The van der Waals surface area contributed by atoms with Crippen molar-refractivity contribution >= 4 is 5.78 Å². The Morgan fingerprint density at radius 3 is 2.75 bits per heavy atom. The molecular weight excluding hydrogens is 253 g/mol. The second kappa shape index (κ2) is 6.49.